The van der Waals surface area contributed by atoms with Gasteiger partial charge in [0, 0.05) is 18.2 Å². The molecule has 35 heavy (non-hydrogen) atoms. The van der Waals surface area contributed by atoms with Crippen molar-refractivity contribution in [2.75, 3.05) is 24.3 Å². The standard InChI is InChI=1S/C25H21F4N3O2S/c1-3-4-11-30-23-21(28)19(26)18(20(27)22(23)29)24(33)31-16-12-13(34-2)9-10-14(16)25-32-15-7-5-6-8-17(15)35-25/h5-10,12,30H,3-4,11H2,1-2H3,(H,31,33). The number of aromatic nitrogens is 1. The molecule has 1 amide bonds. The zero-order valence-electron chi connectivity index (χ0n) is 18.8. The van der Waals surface area contributed by atoms with E-state index in [9.17, 15) is 22.4 Å². The van der Waals surface area contributed by atoms with Gasteiger partial charge in [0.05, 0.1) is 23.0 Å². The second-order valence-corrected chi connectivity index (χ2v) is 8.67. The Hall–Kier alpha value is -3.66. The predicted octanol–water partition coefficient (Wildman–Crippen LogP) is 6.99. The van der Waals surface area contributed by atoms with Crippen molar-refractivity contribution in [3.63, 3.8) is 0 Å². The number of nitrogens with one attached hydrogen (secondary N) is 2. The van der Waals surface area contributed by atoms with Gasteiger partial charge in [-0.05, 0) is 30.7 Å². The summed E-state index contributed by atoms with van der Waals surface area (Å²) in [6.45, 7) is 1.97. The number of benzene rings is 3. The summed E-state index contributed by atoms with van der Waals surface area (Å²) in [5.41, 5.74) is -1.02. The Morgan fingerprint density at radius 1 is 1.03 bits per heavy atom. The van der Waals surface area contributed by atoms with Gasteiger partial charge in [-0.15, -0.1) is 11.3 Å². The average Bonchev–Trinajstić information content (AvgIpc) is 3.29. The van der Waals surface area contributed by atoms with E-state index < -0.39 is 40.4 Å². The number of rotatable bonds is 8. The number of halogens is 4. The Morgan fingerprint density at radius 3 is 2.40 bits per heavy atom. The van der Waals surface area contributed by atoms with Gasteiger partial charge in [-0.2, -0.15) is 0 Å². The number of carbonyl (C=O) groups is 1. The summed E-state index contributed by atoms with van der Waals surface area (Å²) in [5.74, 6) is -7.91. The Labute approximate surface area is 202 Å². The lowest BCUT2D eigenvalue weighted by atomic mass is 10.1. The molecule has 10 heteroatoms. The van der Waals surface area contributed by atoms with E-state index in [2.05, 4.69) is 15.6 Å². The number of hydrogen-bond acceptors (Lipinski definition) is 5. The van der Waals surface area contributed by atoms with Crippen LogP contribution in [0.15, 0.2) is 42.5 Å². The van der Waals surface area contributed by atoms with Crippen LogP contribution in [0, 0.1) is 23.3 Å². The van der Waals surface area contributed by atoms with Crippen molar-refractivity contribution in [2.45, 2.75) is 19.8 Å². The number of fused-ring (bicyclic) bond motifs is 1. The SMILES string of the molecule is CCCCNc1c(F)c(F)c(C(=O)Nc2cc(OC)ccc2-c2nc3ccccc3s2)c(F)c1F. The zero-order chi connectivity index (χ0) is 25.1. The average molecular weight is 504 g/mol. The molecule has 0 aliphatic heterocycles. The molecule has 0 spiro atoms. The molecule has 0 radical (unpaired) electrons. The quantitative estimate of drug-likeness (QED) is 0.155. The number of anilines is 2. The lowest BCUT2D eigenvalue weighted by Crippen LogP contribution is -2.20. The summed E-state index contributed by atoms with van der Waals surface area (Å²) in [6, 6.07) is 12.1. The highest BCUT2D eigenvalue weighted by atomic mass is 32.1. The van der Waals surface area contributed by atoms with Gasteiger partial charge in [0.2, 0.25) is 0 Å². The van der Waals surface area contributed by atoms with Crippen molar-refractivity contribution in [3.8, 4) is 16.3 Å². The van der Waals surface area contributed by atoms with Crippen molar-refractivity contribution in [1.29, 1.82) is 0 Å². The first kappa shape index (κ1) is 24.5. The molecule has 4 rings (SSSR count). The summed E-state index contributed by atoms with van der Waals surface area (Å²) in [4.78, 5) is 17.4. The van der Waals surface area contributed by atoms with Gasteiger partial charge in [-0.25, -0.2) is 22.5 Å². The van der Waals surface area contributed by atoms with Crippen LogP contribution in [-0.2, 0) is 0 Å². The summed E-state index contributed by atoms with van der Waals surface area (Å²) in [6.07, 6.45) is 1.24. The van der Waals surface area contributed by atoms with Crippen LogP contribution in [0.1, 0.15) is 30.1 Å². The van der Waals surface area contributed by atoms with Crippen LogP contribution in [0.3, 0.4) is 0 Å². The molecule has 4 aromatic rings. The Morgan fingerprint density at radius 2 is 1.74 bits per heavy atom. The van der Waals surface area contributed by atoms with Gasteiger partial charge in [-0.1, -0.05) is 25.5 Å². The molecular weight excluding hydrogens is 482 g/mol. The minimum atomic E-state index is -1.79. The summed E-state index contributed by atoms with van der Waals surface area (Å²) in [7, 11) is 1.41. The van der Waals surface area contributed by atoms with Crippen molar-refractivity contribution < 1.29 is 27.1 Å². The number of carbonyl (C=O) groups excluding carboxylic acids is 1. The summed E-state index contributed by atoms with van der Waals surface area (Å²) >= 11 is 1.34. The maximum absolute atomic E-state index is 14.8. The highest BCUT2D eigenvalue weighted by Gasteiger charge is 2.30. The van der Waals surface area contributed by atoms with Crippen molar-refractivity contribution in [2.24, 2.45) is 0 Å². The monoisotopic (exact) mass is 503 g/mol. The van der Waals surface area contributed by atoms with E-state index in [0.717, 1.165) is 10.2 Å². The maximum Gasteiger partial charge on any atom is 0.261 e. The fourth-order valence-electron chi connectivity index (χ4n) is 3.49. The van der Waals surface area contributed by atoms with E-state index in [1.54, 1.807) is 12.1 Å². The minimum absolute atomic E-state index is 0.109. The molecule has 0 aliphatic rings. The third kappa shape index (κ3) is 4.79. The molecule has 2 N–H and O–H groups in total. The number of ether oxygens (including phenoxy) is 1. The van der Waals surface area contributed by atoms with Gasteiger partial charge in [0.25, 0.3) is 5.91 Å². The van der Waals surface area contributed by atoms with Crippen LogP contribution in [0.4, 0.5) is 28.9 Å². The number of unbranched alkanes of at least 4 members (excludes halogenated alkanes) is 1. The maximum atomic E-state index is 14.8. The lowest BCUT2D eigenvalue weighted by molar-refractivity contribution is 0.101. The van der Waals surface area contributed by atoms with Crippen molar-refractivity contribution in [3.05, 3.63) is 71.3 Å². The van der Waals surface area contributed by atoms with Crippen LogP contribution in [-0.4, -0.2) is 24.5 Å². The molecular formula is C25H21F4N3O2S. The molecule has 3 aromatic carbocycles. The molecule has 1 heterocycles. The number of amides is 1. The normalized spacial score (nSPS) is 11.0. The second-order valence-electron chi connectivity index (χ2n) is 7.64. The first-order chi connectivity index (χ1) is 16.8. The van der Waals surface area contributed by atoms with Crippen LogP contribution in [0.2, 0.25) is 0 Å². The highest BCUT2D eigenvalue weighted by Crippen LogP contribution is 2.37. The minimum Gasteiger partial charge on any atom is -0.497 e. The molecule has 0 unspecified atom stereocenters. The van der Waals surface area contributed by atoms with E-state index in [1.807, 2.05) is 31.2 Å². The van der Waals surface area contributed by atoms with Gasteiger partial charge >= 0.3 is 0 Å². The predicted molar refractivity (Wildman–Crippen MR) is 129 cm³/mol. The smallest absolute Gasteiger partial charge is 0.261 e. The summed E-state index contributed by atoms with van der Waals surface area (Å²) in [5, 5.41) is 5.24. The van der Waals surface area contributed by atoms with E-state index in [0.29, 0.717) is 29.2 Å². The van der Waals surface area contributed by atoms with Crippen LogP contribution in [0.25, 0.3) is 20.8 Å². The highest BCUT2D eigenvalue weighted by molar-refractivity contribution is 7.21. The van der Waals surface area contributed by atoms with Crippen LogP contribution >= 0.6 is 11.3 Å². The number of para-hydroxylation sites is 1. The topological polar surface area (TPSA) is 63.2 Å². The van der Waals surface area contributed by atoms with E-state index in [4.69, 9.17) is 4.74 Å². The second kappa shape index (κ2) is 10.3. The largest absolute Gasteiger partial charge is 0.497 e. The molecule has 1 aromatic heterocycles. The third-order valence-electron chi connectivity index (χ3n) is 5.32. The molecule has 182 valence electrons. The van der Waals surface area contributed by atoms with Gasteiger partial charge < -0.3 is 15.4 Å². The first-order valence-electron chi connectivity index (χ1n) is 10.8. The lowest BCUT2D eigenvalue weighted by Gasteiger charge is -2.15. The van der Waals surface area contributed by atoms with E-state index >= 15 is 0 Å². The zero-order valence-corrected chi connectivity index (χ0v) is 19.7. The Kier molecular flexibility index (Phi) is 7.20. The van der Waals surface area contributed by atoms with Crippen LogP contribution in [0.5, 0.6) is 5.75 Å². The molecule has 5 nitrogen and oxygen atoms in total. The van der Waals surface area contributed by atoms with Crippen molar-refractivity contribution in [1.82, 2.24) is 4.98 Å². The van der Waals surface area contributed by atoms with Crippen LogP contribution < -0.4 is 15.4 Å². The number of nitrogens with zero attached hydrogens (tertiary/aromatic N) is 1. The Bertz CT molecular complexity index is 1350. The molecule has 0 bridgehead atoms. The molecule has 0 saturated carbocycles. The fraction of sp³-hybridized carbons (Fsp3) is 0.200. The van der Waals surface area contributed by atoms with E-state index in [-0.39, 0.29) is 12.2 Å². The summed E-state index contributed by atoms with van der Waals surface area (Å²) < 4.78 is 64.7. The molecule has 0 saturated heterocycles. The van der Waals surface area contributed by atoms with Gasteiger partial charge in [-0.3, -0.25) is 4.79 Å². The van der Waals surface area contributed by atoms with E-state index in [1.165, 1.54) is 24.5 Å². The molecule has 0 fully saturated rings. The fourth-order valence-corrected chi connectivity index (χ4v) is 4.49. The molecule has 0 atom stereocenters. The van der Waals surface area contributed by atoms with Gasteiger partial charge in [0.15, 0.2) is 23.3 Å². The number of thiazole rings is 1. The third-order valence-corrected chi connectivity index (χ3v) is 6.39. The number of methoxy groups -OCH3 is 1. The molecule has 0 aliphatic carbocycles. The van der Waals surface area contributed by atoms with Crippen molar-refractivity contribution >= 4 is 38.8 Å². The van der Waals surface area contributed by atoms with Gasteiger partial charge in [0.1, 0.15) is 22.0 Å². The number of hydrogen-bond donors (Lipinski definition) is 2. The Balaban J connectivity index is 1.73. The first-order valence-corrected chi connectivity index (χ1v) is 11.6.